The predicted molar refractivity (Wildman–Crippen MR) is 62.5 cm³/mol. The van der Waals surface area contributed by atoms with E-state index in [-0.39, 0.29) is 11.5 Å². The maximum absolute atomic E-state index is 9.38. The molecule has 2 unspecified atom stereocenters. The van der Waals surface area contributed by atoms with Gasteiger partial charge in [0.15, 0.2) is 0 Å². The molecule has 2 heteroatoms. The second-order valence-electron chi connectivity index (χ2n) is 5.20. The average Bonchev–Trinajstić information content (AvgIpc) is 2.00. The van der Waals surface area contributed by atoms with Crippen LogP contribution in [0.15, 0.2) is 0 Å². The lowest BCUT2D eigenvalue weighted by molar-refractivity contribution is 0.117. The van der Waals surface area contributed by atoms with Crippen molar-refractivity contribution < 1.29 is 5.11 Å². The fourth-order valence-electron chi connectivity index (χ4n) is 2.25. The molecular weight excluding hydrogens is 174 g/mol. The van der Waals surface area contributed by atoms with Gasteiger partial charge >= 0.3 is 0 Å². The van der Waals surface area contributed by atoms with Crippen molar-refractivity contribution in [1.82, 2.24) is 5.32 Å². The molecule has 0 bridgehead atoms. The highest BCUT2D eigenvalue weighted by molar-refractivity contribution is 4.78. The average molecular weight is 201 g/mol. The Morgan fingerprint density at radius 2 is 1.86 bits per heavy atom. The van der Waals surface area contributed by atoms with Crippen LogP contribution < -0.4 is 5.32 Å². The fourth-order valence-corrected chi connectivity index (χ4v) is 2.25. The molecule has 0 aliphatic heterocycles. The number of rotatable bonds is 7. The van der Waals surface area contributed by atoms with Crippen LogP contribution in [0, 0.1) is 5.41 Å². The zero-order valence-electron chi connectivity index (χ0n) is 10.4. The summed E-state index contributed by atoms with van der Waals surface area (Å²) in [7, 11) is 2.03. The maximum atomic E-state index is 9.38. The van der Waals surface area contributed by atoms with Gasteiger partial charge in [-0.05, 0) is 38.6 Å². The summed E-state index contributed by atoms with van der Waals surface area (Å²) in [5.74, 6) is 0. The van der Waals surface area contributed by atoms with Gasteiger partial charge in [-0.25, -0.2) is 0 Å². The molecule has 14 heavy (non-hydrogen) atoms. The Hall–Kier alpha value is -0.0800. The van der Waals surface area contributed by atoms with Crippen LogP contribution in [-0.4, -0.2) is 24.3 Å². The summed E-state index contributed by atoms with van der Waals surface area (Å²) in [4.78, 5) is 0. The van der Waals surface area contributed by atoms with Crippen molar-refractivity contribution >= 4 is 0 Å². The number of aliphatic hydroxyl groups is 1. The lowest BCUT2D eigenvalue weighted by Gasteiger charge is -2.30. The van der Waals surface area contributed by atoms with E-state index in [1.807, 2.05) is 14.0 Å². The first kappa shape index (κ1) is 13.9. The summed E-state index contributed by atoms with van der Waals surface area (Å²) in [6.45, 7) is 8.56. The van der Waals surface area contributed by atoms with Crippen LogP contribution in [0.2, 0.25) is 0 Å². The van der Waals surface area contributed by atoms with Gasteiger partial charge in [0.1, 0.15) is 0 Å². The van der Waals surface area contributed by atoms with Crippen LogP contribution in [0.1, 0.15) is 53.4 Å². The lowest BCUT2D eigenvalue weighted by atomic mass is 9.80. The molecule has 0 aromatic rings. The molecule has 0 saturated carbocycles. The monoisotopic (exact) mass is 201 g/mol. The Bertz CT molecular complexity index is 143. The first-order chi connectivity index (χ1) is 6.41. The summed E-state index contributed by atoms with van der Waals surface area (Å²) in [5, 5.41) is 12.7. The van der Waals surface area contributed by atoms with E-state index in [1.165, 1.54) is 12.8 Å². The Kier molecular flexibility index (Phi) is 6.38. The molecule has 0 aliphatic rings. The smallest absolute Gasteiger partial charge is 0.0517 e. The van der Waals surface area contributed by atoms with Crippen LogP contribution in [0.25, 0.3) is 0 Å². The molecule has 0 rings (SSSR count). The predicted octanol–water partition coefficient (Wildman–Crippen LogP) is 2.56. The topological polar surface area (TPSA) is 32.3 Å². The van der Waals surface area contributed by atoms with E-state index in [9.17, 15) is 5.11 Å². The van der Waals surface area contributed by atoms with E-state index in [0.29, 0.717) is 6.04 Å². The third kappa shape index (κ3) is 6.39. The van der Waals surface area contributed by atoms with Crippen molar-refractivity contribution in [1.29, 1.82) is 0 Å². The van der Waals surface area contributed by atoms with Crippen molar-refractivity contribution in [2.24, 2.45) is 5.41 Å². The van der Waals surface area contributed by atoms with Crippen molar-refractivity contribution in [3.63, 3.8) is 0 Å². The highest BCUT2D eigenvalue weighted by atomic mass is 16.3. The summed E-state index contributed by atoms with van der Waals surface area (Å²) in [6, 6.07) is 0.591. The van der Waals surface area contributed by atoms with Crippen LogP contribution in [-0.2, 0) is 0 Å². The van der Waals surface area contributed by atoms with Crippen LogP contribution in [0.4, 0.5) is 0 Å². The van der Waals surface area contributed by atoms with Crippen molar-refractivity contribution in [3.8, 4) is 0 Å². The minimum Gasteiger partial charge on any atom is -0.393 e. The quantitative estimate of drug-likeness (QED) is 0.663. The fraction of sp³-hybridized carbons (Fsp3) is 1.00. The van der Waals surface area contributed by atoms with Crippen molar-refractivity contribution in [3.05, 3.63) is 0 Å². The SMILES string of the molecule is CCCC(CC(C)(C)CC(C)O)NC. The zero-order chi connectivity index (χ0) is 11.2. The van der Waals surface area contributed by atoms with Gasteiger partial charge in [0.05, 0.1) is 6.10 Å². The molecule has 0 fully saturated rings. The van der Waals surface area contributed by atoms with E-state index in [1.54, 1.807) is 0 Å². The molecule has 0 amide bonds. The number of hydrogen-bond acceptors (Lipinski definition) is 2. The molecular formula is C12H27NO. The number of nitrogens with one attached hydrogen (secondary N) is 1. The van der Waals surface area contributed by atoms with Crippen LogP contribution in [0.5, 0.6) is 0 Å². The molecule has 86 valence electrons. The Morgan fingerprint density at radius 1 is 1.29 bits per heavy atom. The summed E-state index contributed by atoms with van der Waals surface area (Å²) in [5.41, 5.74) is 0.233. The molecule has 0 heterocycles. The summed E-state index contributed by atoms with van der Waals surface area (Å²) < 4.78 is 0. The molecule has 0 aromatic heterocycles. The molecule has 0 radical (unpaired) electrons. The molecule has 2 atom stereocenters. The standard InChI is InChI=1S/C12H27NO/c1-6-7-11(13-5)9-12(3,4)8-10(2)14/h10-11,13-14H,6-9H2,1-5H3. The molecule has 2 nitrogen and oxygen atoms in total. The van der Waals surface area contributed by atoms with Crippen molar-refractivity contribution in [2.45, 2.75) is 65.5 Å². The second-order valence-corrected chi connectivity index (χ2v) is 5.20. The third-order valence-electron chi connectivity index (χ3n) is 2.69. The molecule has 2 N–H and O–H groups in total. The minimum atomic E-state index is -0.191. The van der Waals surface area contributed by atoms with Gasteiger partial charge < -0.3 is 10.4 Å². The normalized spacial score (nSPS) is 16.7. The van der Waals surface area contributed by atoms with Crippen molar-refractivity contribution in [2.75, 3.05) is 7.05 Å². The van der Waals surface area contributed by atoms with Gasteiger partial charge in [0.25, 0.3) is 0 Å². The van der Waals surface area contributed by atoms with E-state index in [0.717, 1.165) is 12.8 Å². The van der Waals surface area contributed by atoms with Crippen LogP contribution >= 0.6 is 0 Å². The Morgan fingerprint density at radius 3 is 2.21 bits per heavy atom. The molecule has 0 aliphatic carbocycles. The second kappa shape index (κ2) is 6.41. The molecule has 0 spiro atoms. The highest BCUT2D eigenvalue weighted by Crippen LogP contribution is 2.29. The number of hydrogen-bond donors (Lipinski definition) is 2. The number of aliphatic hydroxyl groups excluding tert-OH is 1. The van der Waals surface area contributed by atoms with Gasteiger partial charge in [0, 0.05) is 6.04 Å². The zero-order valence-corrected chi connectivity index (χ0v) is 10.4. The van der Waals surface area contributed by atoms with Gasteiger partial charge in [-0.1, -0.05) is 27.2 Å². The first-order valence-electron chi connectivity index (χ1n) is 5.76. The summed E-state index contributed by atoms with van der Waals surface area (Å²) >= 11 is 0. The largest absolute Gasteiger partial charge is 0.393 e. The third-order valence-corrected chi connectivity index (χ3v) is 2.69. The van der Waals surface area contributed by atoms with E-state index < -0.39 is 0 Å². The lowest BCUT2D eigenvalue weighted by Crippen LogP contribution is -2.32. The minimum absolute atomic E-state index is 0.191. The van der Waals surface area contributed by atoms with Gasteiger partial charge in [-0.2, -0.15) is 0 Å². The molecule has 0 aromatic carbocycles. The van der Waals surface area contributed by atoms with E-state index in [4.69, 9.17) is 0 Å². The molecule has 0 saturated heterocycles. The van der Waals surface area contributed by atoms with E-state index >= 15 is 0 Å². The summed E-state index contributed by atoms with van der Waals surface area (Å²) in [6.07, 6.45) is 4.27. The first-order valence-corrected chi connectivity index (χ1v) is 5.76. The van der Waals surface area contributed by atoms with E-state index in [2.05, 4.69) is 26.1 Å². The van der Waals surface area contributed by atoms with Gasteiger partial charge in [-0.3, -0.25) is 0 Å². The van der Waals surface area contributed by atoms with Gasteiger partial charge in [-0.15, -0.1) is 0 Å². The Labute approximate surface area is 89.1 Å². The highest BCUT2D eigenvalue weighted by Gasteiger charge is 2.23. The van der Waals surface area contributed by atoms with Gasteiger partial charge in [0.2, 0.25) is 0 Å². The maximum Gasteiger partial charge on any atom is 0.0517 e. The Balaban J connectivity index is 4.02. The van der Waals surface area contributed by atoms with Crippen LogP contribution in [0.3, 0.4) is 0 Å².